The van der Waals surface area contributed by atoms with Crippen molar-refractivity contribution in [1.29, 1.82) is 0 Å². The molecule has 8 rings (SSSR count). The zero-order valence-corrected chi connectivity index (χ0v) is 38.8. The highest BCUT2D eigenvalue weighted by Crippen LogP contribution is 2.49. The molecule has 4 atom stereocenters. The van der Waals surface area contributed by atoms with Gasteiger partial charge in [-0.1, -0.05) is 72.5 Å². The van der Waals surface area contributed by atoms with Crippen molar-refractivity contribution in [1.82, 2.24) is 24.8 Å². The van der Waals surface area contributed by atoms with E-state index in [1.807, 2.05) is 25.7 Å². The summed E-state index contributed by atoms with van der Waals surface area (Å²) in [7, 11) is 0. The van der Waals surface area contributed by atoms with Gasteiger partial charge in [-0.25, -0.2) is 24.7 Å². The number of aliphatic hydroxyl groups is 1. The van der Waals surface area contributed by atoms with Crippen molar-refractivity contribution in [2.45, 2.75) is 117 Å². The second kappa shape index (κ2) is 23.6. The smallest absolute Gasteiger partial charge is 0.410 e. The van der Waals surface area contributed by atoms with E-state index >= 15 is 0 Å². The molecule has 332 valence electrons. The van der Waals surface area contributed by atoms with Gasteiger partial charge < -0.3 is 29.3 Å². The molecule has 0 radical (unpaired) electrons. The second-order valence-electron chi connectivity index (χ2n) is 18.7. The van der Waals surface area contributed by atoms with E-state index in [0.717, 1.165) is 113 Å². The van der Waals surface area contributed by atoms with Crippen LogP contribution in [0.25, 0.3) is 0 Å². The standard InChI is InChI=1S/C24H37ClN4O3.C13H17ClIN3.C7H14O.CH4/c1-24(2,3)32-23(30)29-8-4-17(5-9-29)15-31-16-19-12-21(19)18-6-10-28(11-7-18)22-26-13-20(25)14-27-22;14-11-7-16-13(17-8-11)18-3-1-9(2-4-18)12-5-10(12)6-15;8-6-7-4-2-1-3-5-7;/h13-14,17-19,21H,4-12,15-16H2,1-3H3;7-10,12H,1-6H2;7-8H,1-6H2;1H4/t19-,21+;10-,12+;;/m00../s1. The van der Waals surface area contributed by atoms with E-state index in [-0.39, 0.29) is 13.5 Å². The van der Waals surface area contributed by atoms with E-state index in [0.29, 0.717) is 28.5 Å². The number of carbonyl (C=O) groups excluding carboxylic acids is 1. The van der Waals surface area contributed by atoms with Gasteiger partial charge in [0.2, 0.25) is 11.9 Å². The molecule has 14 heteroatoms. The molecular formula is C45H72Cl2IN7O4. The van der Waals surface area contributed by atoms with Crippen LogP contribution in [0.2, 0.25) is 10.0 Å². The molecule has 0 unspecified atom stereocenters. The number of aromatic nitrogens is 4. The molecule has 2 aromatic rings. The van der Waals surface area contributed by atoms with Crippen molar-refractivity contribution in [3.63, 3.8) is 0 Å². The van der Waals surface area contributed by atoms with Crippen LogP contribution in [0.4, 0.5) is 16.7 Å². The lowest BCUT2D eigenvalue weighted by molar-refractivity contribution is 0.0107. The monoisotopic (exact) mass is 971 g/mol. The Morgan fingerprint density at radius 2 is 1.19 bits per heavy atom. The lowest BCUT2D eigenvalue weighted by Crippen LogP contribution is -2.42. The van der Waals surface area contributed by atoms with Crippen LogP contribution in [0.15, 0.2) is 24.8 Å². The number of aliphatic hydroxyl groups excluding tert-OH is 1. The zero-order chi connectivity index (χ0) is 41.1. The molecule has 59 heavy (non-hydrogen) atoms. The Kier molecular flexibility index (Phi) is 19.3. The number of carbonyl (C=O) groups is 1. The summed E-state index contributed by atoms with van der Waals surface area (Å²) < 4.78 is 12.9. The first kappa shape index (κ1) is 48.3. The van der Waals surface area contributed by atoms with Crippen LogP contribution < -0.4 is 9.80 Å². The first-order valence-corrected chi connectivity index (χ1v) is 24.4. The highest BCUT2D eigenvalue weighted by molar-refractivity contribution is 14.1. The number of anilines is 2. The summed E-state index contributed by atoms with van der Waals surface area (Å²) in [5, 5.41) is 9.88. The second-order valence-corrected chi connectivity index (χ2v) is 20.4. The van der Waals surface area contributed by atoms with Crippen molar-refractivity contribution in [2.75, 3.05) is 73.3 Å². The van der Waals surface area contributed by atoms with E-state index < -0.39 is 5.60 Å². The zero-order valence-electron chi connectivity index (χ0n) is 35.1. The first-order valence-electron chi connectivity index (χ1n) is 22.2. The molecule has 5 heterocycles. The minimum absolute atomic E-state index is 0. The fraction of sp³-hybridized carbons (Fsp3) is 0.800. The van der Waals surface area contributed by atoms with Crippen molar-refractivity contribution in [2.24, 2.45) is 47.3 Å². The summed E-state index contributed by atoms with van der Waals surface area (Å²) in [5.41, 5.74) is -0.432. The van der Waals surface area contributed by atoms with Gasteiger partial charge in [0.1, 0.15) is 5.60 Å². The van der Waals surface area contributed by atoms with Gasteiger partial charge >= 0.3 is 6.09 Å². The van der Waals surface area contributed by atoms with E-state index in [2.05, 4.69) is 52.3 Å². The molecule has 0 aromatic carbocycles. The van der Waals surface area contributed by atoms with Crippen molar-refractivity contribution < 1.29 is 19.4 Å². The lowest BCUT2D eigenvalue weighted by Gasteiger charge is -2.33. The average Bonchev–Trinajstić information content (AvgIpc) is 4.18. The molecule has 6 aliphatic rings. The molecule has 6 fully saturated rings. The Balaban J connectivity index is 0.000000204. The molecule has 3 aliphatic carbocycles. The molecule has 1 N–H and O–H groups in total. The van der Waals surface area contributed by atoms with Crippen LogP contribution in [0.5, 0.6) is 0 Å². The summed E-state index contributed by atoms with van der Waals surface area (Å²) >= 11 is 14.2. The Bertz CT molecular complexity index is 1510. The summed E-state index contributed by atoms with van der Waals surface area (Å²) in [6.07, 6.45) is 22.9. The highest BCUT2D eigenvalue weighted by Gasteiger charge is 2.44. The topological polar surface area (TPSA) is 117 Å². The number of piperidine rings is 3. The van der Waals surface area contributed by atoms with Crippen LogP contribution in [0.3, 0.4) is 0 Å². The molecule has 0 spiro atoms. The maximum atomic E-state index is 12.2. The van der Waals surface area contributed by atoms with Crippen LogP contribution >= 0.6 is 45.8 Å². The average molecular weight is 973 g/mol. The van der Waals surface area contributed by atoms with Crippen LogP contribution in [-0.4, -0.2) is 105 Å². The Labute approximate surface area is 378 Å². The van der Waals surface area contributed by atoms with Gasteiger partial charge in [-0.15, -0.1) is 0 Å². The molecule has 3 saturated carbocycles. The quantitative estimate of drug-likeness (QED) is 0.182. The van der Waals surface area contributed by atoms with Gasteiger partial charge in [0.05, 0.1) is 34.8 Å². The number of nitrogens with zero attached hydrogens (tertiary/aromatic N) is 7. The largest absolute Gasteiger partial charge is 0.444 e. The predicted molar refractivity (Wildman–Crippen MR) is 248 cm³/mol. The Morgan fingerprint density at radius 1 is 0.712 bits per heavy atom. The SMILES string of the molecule is C.CC(C)(C)OC(=O)N1CCC(COC[C@@H]2C[C@@H]2C2CCN(c3ncc(Cl)cn3)CC2)CC1.Clc1cnc(N2CCC([C@H]3C[C@H]3CI)CC2)nc1.OCC1CCCCC1. The number of likely N-dealkylation sites (tertiary alicyclic amines) is 1. The van der Waals surface area contributed by atoms with Crippen molar-refractivity contribution in [3.05, 3.63) is 34.8 Å². The predicted octanol–water partition coefficient (Wildman–Crippen LogP) is 10.3. The molecular weight excluding hydrogens is 900 g/mol. The number of hydrogen-bond donors (Lipinski definition) is 1. The molecule has 11 nitrogen and oxygen atoms in total. The van der Waals surface area contributed by atoms with Gasteiger partial charge in [0.25, 0.3) is 0 Å². The van der Waals surface area contributed by atoms with Crippen molar-refractivity contribution in [3.8, 4) is 0 Å². The van der Waals surface area contributed by atoms with Crippen molar-refractivity contribution >= 4 is 63.8 Å². The van der Waals surface area contributed by atoms with Gasteiger partial charge in [-0.2, -0.15) is 0 Å². The van der Waals surface area contributed by atoms with E-state index in [4.69, 9.17) is 37.8 Å². The summed E-state index contributed by atoms with van der Waals surface area (Å²) in [5.74, 6) is 8.11. The normalized spacial score (nSPS) is 25.5. The fourth-order valence-corrected chi connectivity index (χ4v) is 10.6. The van der Waals surface area contributed by atoms with Crippen LogP contribution in [-0.2, 0) is 9.47 Å². The first-order chi connectivity index (χ1) is 28.0. The number of hydrogen-bond acceptors (Lipinski definition) is 10. The van der Waals surface area contributed by atoms with Gasteiger partial charge in [0, 0.05) is 63.5 Å². The summed E-state index contributed by atoms with van der Waals surface area (Å²) in [4.78, 5) is 35.9. The molecule has 1 amide bonds. The van der Waals surface area contributed by atoms with Crippen LogP contribution in [0.1, 0.15) is 112 Å². The molecule has 0 bridgehead atoms. The summed E-state index contributed by atoms with van der Waals surface area (Å²) in [6, 6.07) is 0. The molecule has 2 aromatic heterocycles. The van der Waals surface area contributed by atoms with Crippen LogP contribution in [0, 0.1) is 47.3 Å². The third kappa shape index (κ3) is 15.5. The summed E-state index contributed by atoms with van der Waals surface area (Å²) in [6.45, 7) is 13.6. The number of alkyl halides is 1. The maximum Gasteiger partial charge on any atom is 0.410 e. The third-order valence-electron chi connectivity index (χ3n) is 13.2. The molecule has 3 aliphatic heterocycles. The van der Waals surface area contributed by atoms with Gasteiger partial charge in [0.15, 0.2) is 0 Å². The minimum Gasteiger partial charge on any atom is -0.444 e. The van der Waals surface area contributed by atoms with E-state index in [9.17, 15) is 4.79 Å². The number of halogens is 3. The third-order valence-corrected chi connectivity index (χ3v) is 14.7. The highest BCUT2D eigenvalue weighted by atomic mass is 127. The minimum atomic E-state index is -0.432. The van der Waals surface area contributed by atoms with E-state index in [1.165, 1.54) is 75.1 Å². The van der Waals surface area contributed by atoms with E-state index in [1.54, 1.807) is 24.8 Å². The van der Waals surface area contributed by atoms with Gasteiger partial charge in [-0.05, 0) is 132 Å². The Morgan fingerprint density at radius 3 is 1.61 bits per heavy atom. The molecule has 3 saturated heterocycles. The fourth-order valence-electron chi connectivity index (χ4n) is 9.42. The number of rotatable bonds is 10. The maximum absolute atomic E-state index is 12.2. The lowest BCUT2D eigenvalue weighted by atomic mass is 9.90. The number of ether oxygens (including phenoxy) is 2. The Hall–Kier alpha value is -1.74. The number of amides is 1. The van der Waals surface area contributed by atoms with Gasteiger partial charge in [-0.3, -0.25) is 0 Å².